The molecule has 8 heteroatoms. The van der Waals surface area contributed by atoms with Crippen LogP contribution < -0.4 is 14.9 Å². The van der Waals surface area contributed by atoms with Crippen LogP contribution >= 0.6 is 0 Å². The molecule has 0 saturated carbocycles. The summed E-state index contributed by atoms with van der Waals surface area (Å²) in [6.45, 7) is 10.2. The number of hydrogen-bond acceptors (Lipinski definition) is 4. The van der Waals surface area contributed by atoms with Crippen molar-refractivity contribution in [1.29, 1.82) is 0 Å². The maximum absolute atomic E-state index is 13.2. The van der Waals surface area contributed by atoms with Gasteiger partial charge >= 0.3 is 0 Å². The van der Waals surface area contributed by atoms with Gasteiger partial charge in [0.15, 0.2) is 0 Å². The standard InChI is InChI=1S/C25H33N3O4S/c1-6-24(29)28-12-11-19-15-21(9-10-23(19)28)33(31,32)27-22(13-16(2)3)25(30)26-20-8-7-17(4)18(5)14-20/h7-10,14-16,22,27H,6,11-13H2,1-5H3,(H,26,30). The number of benzene rings is 2. The Labute approximate surface area is 196 Å². The first-order valence-corrected chi connectivity index (χ1v) is 12.8. The Morgan fingerprint density at radius 2 is 1.79 bits per heavy atom. The van der Waals surface area contributed by atoms with Gasteiger partial charge in [0.25, 0.3) is 0 Å². The normalized spacial score (nSPS) is 14.3. The fraction of sp³-hybridized carbons (Fsp3) is 0.440. The average molecular weight is 472 g/mol. The molecule has 1 atom stereocenters. The number of aryl methyl sites for hydroxylation is 2. The molecule has 0 saturated heterocycles. The molecule has 0 aliphatic carbocycles. The van der Waals surface area contributed by atoms with Crippen LogP contribution in [0.4, 0.5) is 11.4 Å². The quantitative estimate of drug-likeness (QED) is 0.610. The number of nitrogens with one attached hydrogen (secondary N) is 2. The van der Waals surface area contributed by atoms with Gasteiger partial charge in [-0.25, -0.2) is 8.42 Å². The zero-order chi connectivity index (χ0) is 24.3. The lowest BCUT2D eigenvalue weighted by atomic mass is 10.0. The van der Waals surface area contributed by atoms with Crippen molar-refractivity contribution in [3.05, 3.63) is 53.1 Å². The Hall–Kier alpha value is -2.71. The fourth-order valence-electron chi connectivity index (χ4n) is 3.98. The van der Waals surface area contributed by atoms with Crippen molar-refractivity contribution in [3.63, 3.8) is 0 Å². The van der Waals surface area contributed by atoms with Gasteiger partial charge in [-0.3, -0.25) is 9.59 Å². The Bertz CT molecular complexity index is 1160. The molecule has 178 valence electrons. The van der Waals surface area contributed by atoms with Crippen LogP contribution in [0.2, 0.25) is 0 Å². The third-order valence-electron chi connectivity index (χ3n) is 5.96. The van der Waals surface area contributed by atoms with Gasteiger partial charge in [-0.05, 0) is 79.6 Å². The molecule has 2 aromatic rings. The van der Waals surface area contributed by atoms with Crippen molar-refractivity contribution in [2.75, 3.05) is 16.8 Å². The molecule has 1 heterocycles. The van der Waals surface area contributed by atoms with Crippen molar-refractivity contribution in [2.45, 2.75) is 64.8 Å². The average Bonchev–Trinajstić information content (AvgIpc) is 3.18. The molecule has 0 aromatic heterocycles. The highest BCUT2D eigenvalue weighted by Gasteiger charge is 2.29. The molecular weight excluding hydrogens is 438 g/mol. The van der Waals surface area contributed by atoms with E-state index in [1.807, 2.05) is 45.9 Å². The van der Waals surface area contributed by atoms with Crippen LogP contribution in [0, 0.1) is 19.8 Å². The number of anilines is 2. The lowest BCUT2D eigenvalue weighted by Gasteiger charge is -2.21. The Balaban J connectivity index is 1.81. The number of nitrogens with zero attached hydrogens (tertiary/aromatic N) is 1. The van der Waals surface area contributed by atoms with Gasteiger partial charge in [0, 0.05) is 24.3 Å². The first-order valence-electron chi connectivity index (χ1n) is 11.4. The van der Waals surface area contributed by atoms with Crippen LogP contribution in [-0.2, 0) is 26.0 Å². The summed E-state index contributed by atoms with van der Waals surface area (Å²) in [7, 11) is -3.94. The number of carbonyl (C=O) groups is 2. The lowest BCUT2D eigenvalue weighted by molar-refractivity contribution is -0.118. The zero-order valence-electron chi connectivity index (χ0n) is 19.9. The Morgan fingerprint density at radius 3 is 2.42 bits per heavy atom. The summed E-state index contributed by atoms with van der Waals surface area (Å²) >= 11 is 0. The topological polar surface area (TPSA) is 95.6 Å². The smallest absolute Gasteiger partial charge is 0.242 e. The SMILES string of the molecule is CCC(=O)N1CCc2cc(S(=O)(=O)NC(CC(C)C)C(=O)Nc3ccc(C)c(C)c3)ccc21. The first kappa shape index (κ1) is 24.9. The van der Waals surface area contributed by atoms with Crippen LogP contribution in [0.1, 0.15) is 50.3 Å². The van der Waals surface area contributed by atoms with E-state index in [4.69, 9.17) is 0 Å². The summed E-state index contributed by atoms with van der Waals surface area (Å²) < 4.78 is 29.0. The molecule has 0 fully saturated rings. The number of rotatable bonds is 8. The summed E-state index contributed by atoms with van der Waals surface area (Å²) in [4.78, 5) is 26.9. The van der Waals surface area contributed by atoms with Gasteiger partial charge in [-0.1, -0.05) is 26.8 Å². The lowest BCUT2D eigenvalue weighted by Crippen LogP contribution is -2.44. The molecular formula is C25H33N3O4S. The highest BCUT2D eigenvalue weighted by Crippen LogP contribution is 2.31. The van der Waals surface area contributed by atoms with Crippen molar-refractivity contribution in [2.24, 2.45) is 5.92 Å². The van der Waals surface area contributed by atoms with E-state index in [0.717, 1.165) is 22.4 Å². The molecule has 2 N–H and O–H groups in total. The molecule has 0 bridgehead atoms. The van der Waals surface area contributed by atoms with Gasteiger partial charge in [-0.2, -0.15) is 4.72 Å². The summed E-state index contributed by atoms with van der Waals surface area (Å²) in [5.41, 5.74) is 4.37. The summed E-state index contributed by atoms with van der Waals surface area (Å²) in [5, 5.41) is 2.85. The third-order valence-corrected chi connectivity index (χ3v) is 7.43. The van der Waals surface area contributed by atoms with Gasteiger partial charge in [0.1, 0.15) is 6.04 Å². The van der Waals surface area contributed by atoms with E-state index in [9.17, 15) is 18.0 Å². The number of fused-ring (bicyclic) bond motifs is 1. The first-order chi connectivity index (χ1) is 15.5. The van der Waals surface area contributed by atoms with E-state index in [0.29, 0.717) is 31.5 Å². The molecule has 7 nitrogen and oxygen atoms in total. The minimum Gasteiger partial charge on any atom is -0.325 e. The molecule has 2 aromatic carbocycles. The second-order valence-electron chi connectivity index (χ2n) is 9.03. The number of sulfonamides is 1. The van der Waals surface area contributed by atoms with Crippen molar-refractivity contribution in [3.8, 4) is 0 Å². The van der Waals surface area contributed by atoms with Crippen molar-refractivity contribution >= 4 is 33.2 Å². The Morgan fingerprint density at radius 1 is 1.06 bits per heavy atom. The Kier molecular flexibility index (Phi) is 7.59. The monoisotopic (exact) mass is 471 g/mol. The largest absolute Gasteiger partial charge is 0.325 e. The van der Waals surface area contributed by atoms with E-state index in [-0.39, 0.29) is 16.7 Å². The molecule has 1 aliphatic heterocycles. The van der Waals surface area contributed by atoms with Gasteiger partial charge in [0.2, 0.25) is 21.8 Å². The third kappa shape index (κ3) is 5.81. The van der Waals surface area contributed by atoms with E-state index >= 15 is 0 Å². The van der Waals surface area contributed by atoms with Crippen LogP contribution in [0.5, 0.6) is 0 Å². The molecule has 3 rings (SSSR count). The highest BCUT2D eigenvalue weighted by molar-refractivity contribution is 7.89. The second kappa shape index (κ2) is 10.1. The molecule has 0 radical (unpaired) electrons. The molecule has 33 heavy (non-hydrogen) atoms. The second-order valence-corrected chi connectivity index (χ2v) is 10.7. The predicted molar refractivity (Wildman–Crippen MR) is 131 cm³/mol. The van der Waals surface area contributed by atoms with Crippen LogP contribution in [0.15, 0.2) is 41.3 Å². The molecule has 1 aliphatic rings. The molecule has 0 spiro atoms. The zero-order valence-corrected chi connectivity index (χ0v) is 20.8. The highest BCUT2D eigenvalue weighted by atomic mass is 32.2. The number of carbonyl (C=O) groups excluding carboxylic acids is 2. The van der Waals surface area contributed by atoms with Crippen molar-refractivity contribution < 1.29 is 18.0 Å². The van der Waals surface area contributed by atoms with Crippen LogP contribution in [0.25, 0.3) is 0 Å². The van der Waals surface area contributed by atoms with E-state index in [2.05, 4.69) is 10.0 Å². The minimum atomic E-state index is -3.94. The predicted octanol–water partition coefficient (Wildman–Crippen LogP) is 3.93. The van der Waals surface area contributed by atoms with Gasteiger partial charge in [-0.15, -0.1) is 0 Å². The van der Waals surface area contributed by atoms with Crippen LogP contribution in [0.3, 0.4) is 0 Å². The summed E-state index contributed by atoms with van der Waals surface area (Å²) in [5.74, 6) is -0.268. The number of amides is 2. The summed E-state index contributed by atoms with van der Waals surface area (Å²) in [6.07, 6.45) is 1.36. The number of hydrogen-bond donors (Lipinski definition) is 2. The molecule has 1 unspecified atom stereocenters. The van der Waals surface area contributed by atoms with Crippen LogP contribution in [-0.4, -0.2) is 32.8 Å². The molecule has 2 amide bonds. The maximum Gasteiger partial charge on any atom is 0.242 e. The minimum absolute atomic E-state index is 0.0162. The van der Waals surface area contributed by atoms with Gasteiger partial charge < -0.3 is 10.2 Å². The van der Waals surface area contributed by atoms with E-state index < -0.39 is 22.0 Å². The van der Waals surface area contributed by atoms with Gasteiger partial charge in [0.05, 0.1) is 4.90 Å². The van der Waals surface area contributed by atoms with Crippen molar-refractivity contribution in [1.82, 2.24) is 4.72 Å². The summed E-state index contributed by atoms with van der Waals surface area (Å²) in [6, 6.07) is 9.47. The maximum atomic E-state index is 13.2. The van der Waals surface area contributed by atoms with E-state index in [1.165, 1.54) is 6.07 Å². The van der Waals surface area contributed by atoms with E-state index in [1.54, 1.807) is 24.0 Å². The fourth-order valence-corrected chi connectivity index (χ4v) is 5.24.